The van der Waals surface area contributed by atoms with Crippen LogP contribution >= 0.6 is 0 Å². The van der Waals surface area contributed by atoms with Crippen LogP contribution in [-0.2, 0) is 26.2 Å². The van der Waals surface area contributed by atoms with Gasteiger partial charge in [-0.3, -0.25) is 13.9 Å². The van der Waals surface area contributed by atoms with Gasteiger partial charge in [-0.15, -0.1) is 0 Å². The third-order valence-electron chi connectivity index (χ3n) is 7.56. The van der Waals surface area contributed by atoms with Gasteiger partial charge in [-0.1, -0.05) is 79.9 Å². The van der Waals surface area contributed by atoms with Crippen molar-refractivity contribution in [2.75, 3.05) is 10.8 Å². The van der Waals surface area contributed by atoms with E-state index in [4.69, 9.17) is 0 Å². The van der Waals surface area contributed by atoms with Crippen molar-refractivity contribution >= 4 is 27.5 Å². The fraction of sp³-hybridized carbons (Fsp3) is 0.375. The van der Waals surface area contributed by atoms with Crippen molar-refractivity contribution in [3.8, 4) is 0 Å². The molecule has 40 heavy (non-hydrogen) atoms. The molecule has 1 atom stereocenters. The predicted molar refractivity (Wildman–Crippen MR) is 158 cm³/mol. The third kappa shape index (κ3) is 7.10. The summed E-state index contributed by atoms with van der Waals surface area (Å²) in [7, 11) is -4.08. The maximum absolute atomic E-state index is 14.1. The molecule has 0 radical (unpaired) electrons. The van der Waals surface area contributed by atoms with Crippen LogP contribution in [0.1, 0.15) is 55.7 Å². The van der Waals surface area contributed by atoms with Crippen LogP contribution in [0.25, 0.3) is 0 Å². The van der Waals surface area contributed by atoms with Gasteiger partial charge in [0.1, 0.15) is 12.6 Å². The first kappa shape index (κ1) is 29.3. The Morgan fingerprint density at radius 3 is 2.17 bits per heavy atom. The molecule has 1 N–H and O–H groups in total. The Labute approximate surface area is 238 Å². The number of nitrogens with one attached hydrogen (secondary N) is 1. The normalized spacial score (nSPS) is 14.8. The molecule has 0 bridgehead atoms. The van der Waals surface area contributed by atoms with Crippen molar-refractivity contribution < 1.29 is 18.0 Å². The van der Waals surface area contributed by atoms with E-state index in [9.17, 15) is 18.0 Å². The summed E-state index contributed by atoms with van der Waals surface area (Å²) in [5.74, 6) is -0.670. The fourth-order valence-corrected chi connectivity index (χ4v) is 6.64. The molecule has 0 heterocycles. The second kappa shape index (κ2) is 13.1. The Balaban J connectivity index is 1.68. The van der Waals surface area contributed by atoms with Crippen molar-refractivity contribution in [3.63, 3.8) is 0 Å². The first-order chi connectivity index (χ1) is 19.2. The minimum absolute atomic E-state index is 0.0985. The van der Waals surface area contributed by atoms with E-state index in [1.54, 1.807) is 31.2 Å². The van der Waals surface area contributed by atoms with Crippen LogP contribution in [0, 0.1) is 13.8 Å². The van der Waals surface area contributed by atoms with Crippen molar-refractivity contribution in [2.45, 2.75) is 76.4 Å². The molecule has 0 unspecified atom stereocenters. The first-order valence-corrected chi connectivity index (χ1v) is 15.4. The number of anilines is 1. The molecule has 8 heteroatoms. The molecule has 1 saturated carbocycles. The van der Waals surface area contributed by atoms with Gasteiger partial charge in [0.25, 0.3) is 10.0 Å². The van der Waals surface area contributed by atoms with E-state index < -0.39 is 28.5 Å². The lowest BCUT2D eigenvalue weighted by Crippen LogP contribution is -2.53. The lowest BCUT2D eigenvalue weighted by molar-refractivity contribution is -0.139. The van der Waals surface area contributed by atoms with Gasteiger partial charge in [0, 0.05) is 12.6 Å². The number of benzene rings is 3. The number of carbonyl (C=O) groups excluding carboxylic acids is 2. The quantitative estimate of drug-likeness (QED) is 0.361. The van der Waals surface area contributed by atoms with Gasteiger partial charge in [0.2, 0.25) is 11.8 Å². The molecule has 1 aliphatic carbocycles. The van der Waals surface area contributed by atoms with Crippen molar-refractivity contribution in [1.29, 1.82) is 0 Å². The Bertz CT molecular complexity index is 1400. The summed E-state index contributed by atoms with van der Waals surface area (Å²) in [4.78, 5) is 29.1. The average Bonchev–Trinajstić information content (AvgIpc) is 2.97. The molecular formula is C32H39N3O4S. The zero-order chi connectivity index (χ0) is 28.7. The Kier molecular flexibility index (Phi) is 9.63. The van der Waals surface area contributed by atoms with Gasteiger partial charge in [-0.2, -0.15) is 0 Å². The van der Waals surface area contributed by atoms with E-state index in [1.807, 2.05) is 56.3 Å². The van der Waals surface area contributed by atoms with Crippen LogP contribution < -0.4 is 9.62 Å². The minimum Gasteiger partial charge on any atom is -0.352 e. The fourth-order valence-electron chi connectivity index (χ4n) is 5.15. The SMILES string of the molecule is Cc1ccc(C)c(N(CC(=O)N(Cc2ccccc2)[C@H](C)C(=O)NC2CCCCC2)S(=O)(=O)c2ccccc2)c1. The Hall–Kier alpha value is -3.65. The summed E-state index contributed by atoms with van der Waals surface area (Å²) in [6.45, 7) is 5.18. The Morgan fingerprint density at radius 2 is 1.52 bits per heavy atom. The van der Waals surface area contributed by atoms with E-state index in [0.29, 0.717) is 5.69 Å². The number of hydrogen-bond donors (Lipinski definition) is 1. The van der Waals surface area contributed by atoms with Crippen LogP contribution in [0.5, 0.6) is 0 Å². The largest absolute Gasteiger partial charge is 0.352 e. The smallest absolute Gasteiger partial charge is 0.264 e. The molecule has 0 aromatic heterocycles. The highest BCUT2D eigenvalue weighted by atomic mass is 32.2. The number of nitrogens with zero attached hydrogens (tertiary/aromatic N) is 2. The number of sulfonamides is 1. The molecule has 0 saturated heterocycles. The molecule has 1 fully saturated rings. The molecule has 0 spiro atoms. The second-order valence-electron chi connectivity index (χ2n) is 10.6. The van der Waals surface area contributed by atoms with Gasteiger partial charge < -0.3 is 10.2 Å². The zero-order valence-corrected chi connectivity index (χ0v) is 24.4. The van der Waals surface area contributed by atoms with E-state index >= 15 is 0 Å². The molecule has 212 valence electrons. The molecular weight excluding hydrogens is 522 g/mol. The van der Waals surface area contributed by atoms with Gasteiger partial charge in [0.15, 0.2) is 0 Å². The van der Waals surface area contributed by atoms with Crippen LogP contribution in [0.2, 0.25) is 0 Å². The molecule has 3 aromatic rings. The molecule has 2 amide bonds. The van der Waals surface area contributed by atoms with Gasteiger partial charge in [0.05, 0.1) is 10.6 Å². The highest BCUT2D eigenvalue weighted by Crippen LogP contribution is 2.28. The zero-order valence-electron chi connectivity index (χ0n) is 23.5. The summed E-state index contributed by atoms with van der Waals surface area (Å²) in [5, 5.41) is 3.13. The molecule has 3 aromatic carbocycles. The van der Waals surface area contributed by atoms with Crippen LogP contribution in [-0.4, -0.2) is 43.8 Å². The number of hydrogen-bond acceptors (Lipinski definition) is 4. The minimum atomic E-state index is -4.08. The highest BCUT2D eigenvalue weighted by Gasteiger charge is 2.33. The molecule has 7 nitrogen and oxygen atoms in total. The van der Waals surface area contributed by atoms with Crippen LogP contribution in [0.4, 0.5) is 5.69 Å². The average molecular weight is 562 g/mol. The number of rotatable bonds is 10. The lowest BCUT2D eigenvalue weighted by Gasteiger charge is -2.33. The highest BCUT2D eigenvalue weighted by molar-refractivity contribution is 7.92. The number of amides is 2. The van der Waals surface area contributed by atoms with E-state index in [0.717, 1.165) is 42.4 Å². The van der Waals surface area contributed by atoms with Gasteiger partial charge in [-0.05, 0) is 68.5 Å². The van der Waals surface area contributed by atoms with E-state index in [2.05, 4.69) is 5.32 Å². The van der Waals surface area contributed by atoms with Crippen molar-refractivity contribution in [2.24, 2.45) is 0 Å². The van der Waals surface area contributed by atoms with Crippen molar-refractivity contribution in [3.05, 3.63) is 95.6 Å². The number of carbonyl (C=O) groups is 2. The lowest BCUT2D eigenvalue weighted by atomic mass is 9.95. The van der Waals surface area contributed by atoms with Gasteiger partial charge >= 0.3 is 0 Å². The monoisotopic (exact) mass is 561 g/mol. The Morgan fingerprint density at radius 1 is 0.900 bits per heavy atom. The summed E-state index contributed by atoms with van der Waals surface area (Å²) < 4.78 is 29.1. The van der Waals surface area contributed by atoms with Crippen molar-refractivity contribution in [1.82, 2.24) is 10.2 Å². The topological polar surface area (TPSA) is 86.8 Å². The van der Waals surface area contributed by atoms with Crippen LogP contribution in [0.3, 0.4) is 0 Å². The molecule has 4 rings (SSSR count). The third-order valence-corrected chi connectivity index (χ3v) is 9.33. The summed E-state index contributed by atoms with van der Waals surface area (Å²) in [5.41, 5.74) is 2.91. The summed E-state index contributed by atoms with van der Waals surface area (Å²) >= 11 is 0. The van der Waals surface area contributed by atoms with E-state index in [1.165, 1.54) is 27.8 Å². The summed E-state index contributed by atoms with van der Waals surface area (Å²) in [6.07, 6.45) is 5.19. The van der Waals surface area contributed by atoms with Crippen LogP contribution in [0.15, 0.2) is 83.8 Å². The second-order valence-corrected chi connectivity index (χ2v) is 12.5. The van der Waals surface area contributed by atoms with Gasteiger partial charge in [-0.25, -0.2) is 8.42 Å². The number of aryl methyl sites for hydroxylation is 2. The maximum Gasteiger partial charge on any atom is 0.264 e. The molecule has 1 aliphatic rings. The van der Waals surface area contributed by atoms with E-state index in [-0.39, 0.29) is 23.4 Å². The molecule has 0 aliphatic heterocycles. The predicted octanol–water partition coefficient (Wildman–Crippen LogP) is 5.36. The summed E-state index contributed by atoms with van der Waals surface area (Å²) in [6, 6.07) is 22.4. The maximum atomic E-state index is 14.1. The first-order valence-electron chi connectivity index (χ1n) is 14.0. The standard InChI is InChI=1S/C32H39N3O4S/c1-24-19-20-25(2)30(21-24)35(40(38,39)29-17-11-6-12-18-29)23-31(36)34(22-27-13-7-4-8-14-27)26(3)32(37)33-28-15-9-5-10-16-28/h4,6-8,11-14,17-21,26,28H,5,9-10,15-16,22-23H2,1-3H3,(H,33,37)/t26-/m1/s1.